The molecular weight excluding hydrogens is 234 g/mol. The Kier molecular flexibility index (Phi) is 2.57. The third kappa shape index (κ3) is 1.69. The highest BCUT2D eigenvalue weighted by Crippen LogP contribution is 2.62. The number of nitrogens with two attached hydrogens (primary N) is 1. The second kappa shape index (κ2) is 4.29. The Balaban J connectivity index is 1.76. The zero-order valence-corrected chi connectivity index (χ0v) is 10.9. The minimum absolute atomic E-state index is 0.281. The summed E-state index contributed by atoms with van der Waals surface area (Å²) in [6.45, 7) is 0. The van der Waals surface area contributed by atoms with Gasteiger partial charge in [0.05, 0.1) is 5.52 Å². The average Bonchev–Trinajstić information content (AvgIpc) is 2.93. The molecule has 0 spiro atoms. The molecule has 0 bridgehead atoms. The van der Waals surface area contributed by atoms with Crippen LogP contribution < -0.4 is 11.3 Å². The SMILES string of the molecule is NNC(c1cccc2ncccc12)C1C2CCCC21. The van der Waals surface area contributed by atoms with Crippen LogP contribution in [0.25, 0.3) is 10.9 Å². The lowest BCUT2D eigenvalue weighted by atomic mass is 9.94. The summed E-state index contributed by atoms with van der Waals surface area (Å²) in [5, 5.41) is 1.23. The molecular formula is C16H19N3. The van der Waals surface area contributed by atoms with Crippen LogP contribution in [0.3, 0.4) is 0 Å². The van der Waals surface area contributed by atoms with Crippen LogP contribution in [0, 0.1) is 17.8 Å². The van der Waals surface area contributed by atoms with E-state index in [4.69, 9.17) is 5.84 Å². The van der Waals surface area contributed by atoms with Gasteiger partial charge in [0.25, 0.3) is 0 Å². The number of pyridine rings is 1. The van der Waals surface area contributed by atoms with Crippen LogP contribution in [-0.4, -0.2) is 4.98 Å². The van der Waals surface area contributed by atoms with Gasteiger partial charge in [-0.1, -0.05) is 24.6 Å². The highest BCUT2D eigenvalue weighted by molar-refractivity contribution is 5.82. The summed E-state index contributed by atoms with van der Waals surface area (Å²) < 4.78 is 0. The zero-order valence-electron chi connectivity index (χ0n) is 10.9. The molecule has 0 saturated heterocycles. The Morgan fingerprint density at radius 2 is 2.00 bits per heavy atom. The summed E-state index contributed by atoms with van der Waals surface area (Å²) in [6.07, 6.45) is 6.02. The molecule has 2 saturated carbocycles. The van der Waals surface area contributed by atoms with Crippen molar-refractivity contribution < 1.29 is 0 Å². The maximum Gasteiger partial charge on any atom is 0.0705 e. The van der Waals surface area contributed by atoms with E-state index < -0.39 is 0 Å². The number of fused-ring (bicyclic) bond motifs is 2. The van der Waals surface area contributed by atoms with Gasteiger partial charge in [-0.2, -0.15) is 0 Å². The van der Waals surface area contributed by atoms with Crippen molar-refractivity contribution in [2.45, 2.75) is 25.3 Å². The van der Waals surface area contributed by atoms with Gasteiger partial charge >= 0.3 is 0 Å². The van der Waals surface area contributed by atoms with E-state index in [0.717, 1.165) is 23.3 Å². The molecule has 19 heavy (non-hydrogen) atoms. The molecule has 2 aliphatic carbocycles. The van der Waals surface area contributed by atoms with Crippen molar-refractivity contribution in [1.29, 1.82) is 0 Å². The molecule has 2 aliphatic rings. The molecule has 4 rings (SSSR count). The molecule has 3 atom stereocenters. The number of aromatic nitrogens is 1. The fraction of sp³-hybridized carbons (Fsp3) is 0.438. The van der Waals surface area contributed by atoms with Crippen molar-refractivity contribution in [3.8, 4) is 0 Å². The number of hydrogen-bond donors (Lipinski definition) is 2. The number of nitrogens with one attached hydrogen (secondary N) is 1. The lowest BCUT2D eigenvalue weighted by Gasteiger charge is -2.20. The predicted molar refractivity (Wildman–Crippen MR) is 76.1 cm³/mol. The number of rotatable bonds is 3. The molecule has 0 radical (unpaired) electrons. The van der Waals surface area contributed by atoms with Gasteiger partial charge < -0.3 is 0 Å². The highest BCUT2D eigenvalue weighted by Gasteiger charge is 2.56. The van der Waals surface area contributed by atoms with Crippen LogP contribution in [-0.2, 0) is 0 Å². The van der Waals surface area contributed by atoms with Crippen LogP contribution in [0.2, 0.25) is 0 Å². The fourth-order valence-corrected chi connectivity index (χ4v) is 4.18. The van der Waals surface area contributed by atoms with E-state index in [-0.39, 0.29) is 6.04 Å². The monoisotopic (exact) mass is 253 g/mol. The first-order valence-electron chi connectivity index (χ1n) is 7.20. The van der Waals surface area contributed by atoms with Gasteiger partial charge in [-0.05, 0) is 48.3 Å². The molecule has 2 fully saturated rings. The summed E-state index contributed by atoms with van der Waals surface area (Å²) in [6, 6.07) is 10.8. The molecule has 3 unspecified atom stereocenters. The third-order valence-corrected chi connectivity index (χ3v) is 5.05. The summed E-state index contributed by atoms with van der Waals surface area (Å²) in [5.74, 6) is 8.39. The largest absolute Gasteiger partial charge is 0.271 e. The van der Waals surface area contributed by atoms with Gasteiger partial charge in [-0.25, -0.2) is 0 Å². The average molecular weight is 253 g/mol. The van der Waals surface area contributed by atoms with E-state index in [2.05, 4.69) is 34.7 Å². The molecule has 0 amide bonds. The number of benzene rings is 1. The quantitative estimate of drug-likeness (QED) is 0.653. The first-order chi connectivity index (χ1) is 9.40. The summed E-state index contributed by atoms with van der Waals surface area (Å²) in [5.41, 5.74) is 5.45. The fourth-order valence-electron chi connectivity index (χ4n) is 4.18. The first-order valence-corrected chi connectivity index (χ1v) is 7.20. The highest BCUT2D eigenvalue weighted by atomic mass is 15.2. The normalized spacial score (nSPS) is 30.3. The Hall–Kier alpha value is -1.45. The lowest BCUT2D eigenvalue weighted by molar-refractivity contribution is 0.427. The minimum Gasteiger partial charge on any atom is -0.271 e. The van der Waals surface area contributed by atoms with E-state index in [1.54, 1.807) is 0 Å². The van der Waals surface area contributed by atoms with E-state index in [1.165, 1.54) is 30.2 Å². The minimum atomic E-state index is 0.281. The maximum atomic E-state index is 5.87. The van der Waals surface area contributed by atoms with Crippen molar-refractivity contribution in [3.63, 3.8) is 0 Å². The molecule has 1 heterocycles. The smallest absolute Gasteiger partial charge is 0.0705 e. The van der Waals surface area contributed by atoms with Crippen LogP contribution in [0.5, 0.6) is 0 Å². The van der Waals surface area contributed by atoms with E-state index in [0.29, 0.717) is 0 Å². The van der Waals surface area contributed by atoms with Gasteiger partial charge in [0.2, 0.25) is 0 Å². The van der Waals surface area contributed by atoms with Gasteiger partial charge in [0.1, 0.15) is 0 Å². The maximum absolute atomic E-state index is 5.87. The molecule has 1 aromatic carbocycles. The Labute approximate surface area is 113 Å². The van der Waals surface area contributed by atoms with Gasteiger partial charge in [0, 0.05) is 17.6 Å². The standard InChI is InChI=1S/C16H19N3/c17-19-16(15-11-4-1-5-12(11)15)13-6-2-8-14-10(13)7-3-9-18-14/h2-3,6-9,11-12,15-16,19H,1,4-5,17H2. The molecule has 2 aromatic rings. The number of hydrazine groups is 1. The summed E-state index contributed by atoms with van der Waals surface area (Å²) in [4.78, 5) is 4.44. The van der Waals surface area contributed by atoms with Crippen LogP contribution in [0.1, 0.15) is 30.9 Å². The van der Waals surface area contributed by atoms with Gasteiger partial charge in [-0.3, -0.25) is 16.3 Å². The summed E-state index contributed by atoms with van der Waals surface area (Å²) >= 11 is 0. The summed E-state index contributed by atoms with van der Waals surface area (Å²) in [7, 11) is 0. The molecule has 98 valence electrons. The molecule has 3 heteroatoms. The molecule has 3 N–H and O–H groups in total. The van der Waals surface area contributed by atoms with Crippen molar-refractivity contribution in [3.05, 3.63) is 42.1 Å². The third-order valence-electron chi connectivity index (χ3n) is 5.05. The van der Waals surface area contributed by atoms with Gasteiger partial charge in [-0.15, -0.1) is 0 Å². The Morgan fingerprint density at radius 1 is 1.16 bits per heavy atom. The zero-order chi connectivity index (χ0) is 12.8. The van der Waals surface area contributed by atoms with Crippen LogP contribution in [0.4, 0.5) is 0 Å². The number of nitrogens with zero attached hydrogens (tertiary/aromatic N) is 1. The van der Waals surface area contributed by atoms with Crippen LogP contribution in [0.15, 0.2) is 36.5 Å². The van der Waals surface area contributed by atoms with Crippen molar-refractivity contribution >= 4 is 10.9 Å². The Bertz CT molecular complexity index is 594. The Morgan fingerprint density at radius 3 is 2.79 bits per heavy atom. The van der Waals surface area contributed by atoms with Crippen LogP contribution >= 0.6 is 0 Å². The lowest BCUT2D eigenvalue weighted by Crippen LogP contribution is -2.30. The molecule has 0 aliphatic heterocycles. The van der Waals surface area contributed by atoms with Crippen molar-refractivity contribution in [2.75, 3.05) is 0 Å². The van der Waals surface area contributed by atoms with Gasteiger partial charge in [0.15, 0.2) is 0 Å². The second-order valence-electron chi connectivity index (χ2n) is 5.90. The van der Waals surface area contributed by atoms with E-state index >= 15 is 0 Å². The molecule has 3 nitrogen and oxygen atoms in total. The molecule has 1 aromatic heterocycles. The second-order valence-corrected chi connectivity index (χ2v) is 5.90. The van der Waals surface area contributed by atoms with Crippen molar-refractivity contribution in [2.24, 2.45) is 23.6 Å². The number of hydrogen-bond acceptors (Lipinski definition) is 3. The van der Waals surface area contributed by atoms with E-state index in [1.807, 2.05) is 12.3 Å². The first kappa shape index (κ1) is 11.4. The van der Waals surface area contributed by atoms with E-state index in [9.17, 15) is 0 Å². The predicted octanol–water partition coefficient (Wildman–Crippen LogP) is 2.79. The topological polar surface area (TPSA) is 50.9 Å². The van der Waals surface area contributed by atoms with Crippen molar-refractivity contribution in [1.82, 2.24) is 10.4 Å².